The molecule has 0 saturated carbocycles. The first-order valence-corrected chi connectivity index (χ1v) is 11.0. The quantitative estimate of drug-likeness (QED) is 0.703. The number of benzene rings is 2. The summed E-state index contributed by atoms with van der Waals surface area (Å²) in [5, 5.41) is 8.89. The van der Waals surface area contributed by atoms with Gasteiger partial charge in [-0.1, -0.05) is 37.3 Å². The number of anilines is 2. The van der Waals surface area contributed by atoms with Gasteiger partial charge in [-0.25, -0.2) is 4.68 Å². The van der Waals surface area contributed by atoms with Crippen LogP contribution < -0.4 is 15.8 Å². The average Bonchev–Trinajstić information content (AvgIpc) is 2.77. The normalized spacial score (nSPS) is 14.2. The van der Waals surface area contributed by atoms with Crippen molar-refractivity contribution in [1.29, 1.82) is 0 Å². The van der Waals surface area contributed by atoms with Crippen molar-refractivity contribution in [3.8, 4) is 0 Å². The monoisotopic (exact) mass is 408 g/mol. The van der Waals surface area contributed by atoms with E-state index in [2.05, 4.69) is 22.2 Å². The molecule has 2 aromatic carbocycles. The molecule has 0 radical (unpaired) electrons. The number of rotatable bonds is 5. The highest BCUT2D eigenvalue weighted by Crippen LogP contribution is 2.24. The maximum atomic E-state index is 12.9. The van der Waals surface area contributed by atoms with E-state index in [1.807, 2.05) is 54.2 Å². The minimum absolute atomic E-state index is 0.116. The van der Waals surface area contributed by atoms with Crippen molar-refractivity contribution in [2.75, 3.05) is 34.8 Å². The zero-order chi connectivity index (χ0) is 20.2. The van der Waals surface area contributed by atoms with Gasteiger partial charge in [0.25, 0.3) is 5.56 Å². The van der Waals surface area contributed by atoms with Crippen molar-refractivity contribution in [2.45, 2.75) is 19.9 Å². The average molecular weight is 409 g/mol. The molecule has 1 saturated heterocycles. The zero-order valence-electron chi connectivity index (χ0n) is 16.4. The van der Waals surface area contributed by atoms with Gasteiger partial charge in [-0.2, -0.15) is 16.9 Å². The zero-order valence-corrected chi connectivity index (χ0v) is 17.2. The Morgan fingerprint density at radius 3 is 2.45 bits per heavy atom. The predicted octanol–water partition coefficient (Wildman–Crippen LogP) is 3.15. The Bertz CT molecular complexity index is 1070. The van der Waals surface area contributed by atoms with Crippen LogP contribution in [-0.4, -0.2) is 40.3 Å². The Morgan fingerprint density at radius 1 is 1.07 bits per heavy atom. The molecule has 4 rings (SSSR count). The van der Waals surface area contributed by atoms with Crippen LogP contribution in [0.2, 0.25) is 0 Å². The van der Waals surface area contributed by atoms with Crippen molar-refractivity contribution < 1.29 is 4.79 Å². The number of fused-ring (bicyclic) bond motifs is 1. The van der Waals surface area contributed by atoms with Crippen molar-refractivity contribution in [1.82, 2.24) is 9.78 Å². The highest BCUT2D eigenvalue weighted by Gasteiger charge is 2.19. The molecule has 150 valence electrons. The summed E-state index contributed by atoms with van der Waals surface area (Å²) in [6.45, 7) is 3.74. The van der Waals surface area contributed by atoms with Gasteiger partial charge in [0, 0.05) is 35.7 Å². The third-order valence-electron chi connectivity index (χ3n) is 5.10. The second kappa shape index (κ2) is 8.69. The van der Waals surface area contributed by atoms with Crippen LogP contribution in [0.25, 0.3) is 10.8 Å². The van der Waals surface area contributed by atoms with Gasteiger partial charge in [0.1, 0.15) is 6.54 Å². The Hall–Kier alpha value is -2.80. The summed E-state index contributed by atoms with van der Waals surface area (Å²) in [7, 11) is 0. The molecule has 0 bridgehead atoms. The van der Waals surface area contributed by atoms with Crippen LogP contribution in [0.4, 0.5) is 11.5 Å². The Morgan fingerprint density at radius 2 is 1.76 bits per heavy atom. The second-order valence-corrected chi connectivity index (χ2v) is 8.25. The Balaban J connectivity index is 1.63. The summed E-state index contributed by atoms with van der Waals surface area (Å²) in [5.41, 5.74) is 1.68. The van der Waals surface area contributed by atoms with Gasteiger partial charge < -0.3 is 10.2 Å². The van der Waals surface area contributed by atoms with E-state index in [-0.39, 0.29) is 18.0 Å². The Kier molecular flexibility index (Phi) is 5.85. The maximum Gasteiger partial charge on any atom is 0.275 e. The number of hydrogen-bond acceptors (Lipinski definition) is 5. The summed E-state index contributed by atoms with van der Waals surface area (Å²) in [6, 6.07) is 15.2. The Labute approximate surface area is 173 Å². The minimum atomic E-state index is -0.265. The molecule has 1 aromatic heterocycles. The second-order valence-electron chi connectivity index (χ2n) is 7.03. The van der Waals surface area contributed by atoms with E-state index in [0.717, 1.165) is 42.2 Å². The molecule has 1 fully saturated rings. The molecule has 3 aromatic rings. The number of nitrogens with zero attached hydrogens (tertiary/aromatic N) is 3. The van der Waals surface area contributed by atoms with Gasteiger partial charge in [0.15, 0.2) is 5.82 Å². The summed E-state index contributed by atoms with van der Waals surface area (Å²) < 4.78 is 1.29. The number of carbonyl (C=O) groups is 1. The van der Waals surface area contributed by atoms with E-state index in [1.165, 1.54) is 10.2 Å². The summed E-state index contributed by atoms with van der Waals surface area (Å²) in [4.78, 5) is 27.7. The number of aromatic nitrogens is 2. The lowest BCUT2D eigenvalue weighted by atomic mass is 10.1. The van der Waals surface area contributed by atoms with Crippen LogP contribution in [0.15, 0.2) is 53.3 Å². The molecule has 6 nitrogen and oxygen atoms in total. The molecule has 7 heteroatoms. The number of amides is 1. The van der Waals surface area contributed by atoms with Crippen molar-refractivity contribution >= 4 is 39.9 Å². The molecular formula is C22H24N4O2S. The third kappa shape index (κ3) is 4.29. The standard InChI is InChI=1S/C22H24N4O2S/c1-2-16-7-9-17(10-8-16)23-20(27)15-26-22(28)19-6-4-3-5-18(19)21(24-26)25-11-13-29-14-12-25/h3-10H,2,11-15H2,1H3,(H,23,27). The fourth-order valence-corrected chi connectivity index (χ4v) is 4.40. The number of thioether (sulfide) groups is 1. The molecule has 1 aliphatic rings. The third-order valence-corrected chi connectivity index (χ3v) is 6.04. The first-order chi connectivity index (χ1) is 14.2. The molecule has 1 N–H and O–H groups in total. The topological polar surface area (TPSA) is 67.2 Å². The summed E-state index contributed by atoms with van der Waals surface area (Å²) >= 11 is 1.92. The molecular weight excluding hydrogens is 384 g/mol. The number of hydrogen-bond donors (Lipinski definition) is 1. The lowest BCUT2D eigenvalue weighted by Gasteiger charge is -2.28. The van der Waals surface area contributed by atoms with Gasteiger partial charge >= 0.3 is 0 Å². The molecule has 0 atom stereocenters. The predicted molar refractivity (Wildman–Crippen MR) is 120 cm³/mol. The molecule has 29 heavy (non-hydrogen) atoms. The summed E-state index contributed by atoms with van der Waals surface area (Å²) in [5.74, 6) is 2.58. The van der Waals surface area contributed by atoms with Crippen molar-refractivity contribution in [2.24, 2.45) is 0 Å². The molecule has 0 unspecified atom stereocenters. The van der Waals surface area contributed by atoms with Gasteiger partial charge in [0.05, 0.1) is 5.39 Å². The van der Waals surface area contributed by atoms with E-state index < -0.39 is 0 Å². The first-order valence-electron chi connectivity index (χ1n) is 9.87. The lowest BCUT2D eigenvalue weighted by molar-refractivity contribution is -0.117. The highest BCUT2D eigenvalue weighted by atomic mass is 32.2. The van der Waals surface area contributed by atoms with Crippen molar-refractivity contribution in [3.05, 3.63) is 64.4 Å². The largest absolute Gasteiger partial charge is 0.353 e. The molecule has 0 spiro atoms. The molecule has 1 aliphatic heterocycles. The fraction of sp³-hybridized carbons (Fsp3) is 0.318. The van der Waals surface area contributed by atoms with E-state index >= 15 is 0 Å². The fourth-order valence-electron chi connectivity index (χ4n) is 3.49. The van der Waals surface area contributed by atoms with E-state index in [0.29, 0.717) is 11.1 Å². The van der Waals surface area contributed by atoms with Crippen LogP contribution in [0.5, 0.6) is 0 Å². The van der Waals surface area contributed by atoms with Gasteiger partial charge in [-0.3, -0.25) is 9.59 Å². The van der Waals surface area contributed by atoms with Crippen LogP contribution in [-0.2, 0) is 17.8 Å². The van der Waals surface area contributed by atoms with Gasteiger partial charge in [0.2, 0.25) is 5.91 Å². The van der Waals surface area contributed by atoms with E-state index in [4.69, 9.17) is 0 Å². The molecule has 1 amide bonds. The van der Waals surface area contributed by atoms with Crippen LogP contribution >= 0.6 is 11.8 Å². The number of nitrogens with one attached hydrogen (secondary N) is 1. The minimum Gasteiger partial charge on any atom is -0.353 e. The number of carbonyl (C=O) groups excluding carboxylic acids is 1. The first kappa shape index (κ1) is 19.5. The summed E-state index contributed by atoms with van der Waals surface area (Å²) in [6.07, 6.45) is 0.947. The smallest absolute Gasteiger partial charge is 0.275 e. The van der Waals surface area contributed by atoms with E-state index in [9.17, 15) is 9.59 Å². The maximum absolute atomic E-state index is 12.9. The van der Waals surface area contributed by atoms with Crippen LogP contribution in [0, 0.1) is 0 Å². The SMILES string of the molecule is CCc1ccc(NC(=O)Cn2nc(N3CCSCC3)c3ccccc3c2=O)cc1. The highest BCUT2D eigenvalue weighted by molar-refractivity contribution is 7.99. The van der Waals surface area contributed by atoms with Gasteiger partial charge in [-0.05, 0) is 30.2 Å². The molecule has 2 heterocycles. The van der Waals surface area contributed by atoms with Crippen LogP contribution in [0.3, 0.4) is 0 Å². The lowest BCUT2D eigenvalue weighted by Crippen LogP contribution is -2.37. The number of aryl methyl sites for hydroxylation is 1. The van der Waals surface area contributed by atoms with Crippen molar-refractivity contribution in [3.63, 3.8) is 0 Å². The molecule has 0 aliphatic carbocycles. The van der Waals surface area contributed by atoms with Gasteiger partial charge in [-0.15, -0.1) is 0 Å². The van der Waals surface area contributed by atoms with Crippen LogP contribution in [0.1, 0.15) is 12.5 Å². The van der Waals surface area contributed by atoms with E-state index in [1.54, 1.807) is 6.07 Å².